The number of nitrogens with zero attached hydrogens (tertiary/aromatic N) is 2. The monoisotopic (exact) mass is 368 g/mol. The van der Waals surface area contributed by atoms with Crippen LogP contribution in [0.1, 0.15) is 38.7 Å². The van der Waals surface area contributed by atoms with Crippen LogP contribution in [0, 0.1) is 0 Å². The molecule has 1 aromatic rings. The van der Waals surface area contributed by atoms with Crippen molar-refractivity contribution in [2.75, 3.05) is 30.8 Å². The van der Waals surface area contributed by atoms with Crippen LogP contribution >= 0.6 is 0 Å². The number of hydrogen-bond donors (Lipinski definition) is 0. The second-order valence-electron chi connectivity index (χ2n) is 6.29. The number of piperidine rings is 1. The molecule has 1 atom stereocenters. The van der Waals surface area contributed by atoms with E-state index in [4.69, 9.17) is 4.74 Å². The van der Waals surface area contributed by atoms with Gasteiger partial charge in [0.05, 0.1) is 6.26 Å². The lowest BCUT2D eigenvalue weighted by molar-refractivity contribution is -0.150. The van der Waals surface area contributed by atoms with Crippen LogP contribution in [0.5, 0.6) is 0 Å². The maximum absolute atomic E-state index is 12.5. The smallest absolute Gasteiger partial charge is 0.324 e. The summed E-state index contributed by atoms with van der Waals surface area (Å²) in [5.74, 6) is -0.459. The highest BCUT2D eigenvalue weighted by molar-refractivity contribution is 7.88. The van der Waals surface area contributed by atoms with E-state index in [1.807, 2.05) is 24.3 Å². The molecule has 1 fully saturated rings. The Kier molecular flexibility index (Phi) is 6.84. The van der Waals surface area contributed by atoms with E-state index in [1.165, 1.54) is 4.31 Å². The Morgan fingerprint density at radius 3 is 2.56 bits per heavy atom. The Bertz CT molecular complexity index is 686. The van der Waals surface area contributed by atoms with Crippen LogP contribution in [0.25, 0.3) is 0 Å². The Morgan fingerprint density at radius 2 is 1.92 bits per heavy atom. The van der Waals surface area contributed by atoms with Crippen LogP contribution in [0.4, 0.5) is 5.69 Å². The van der Waals surface area contributed by atoms with Gasteiger partial charge < -0.3 is 9.64 Å². The van der Waals surface area contributed by atoms with Gasteiger partial charge in [0.2, 0.25) is 10.0 Å². The molecule has 0 amide bonds. The summed E-state index contributed by atoms with van der Waals surface area (Å²) in [7, 11) is -3.41. The Morgan fingerprint density at radius 1 is 1.24 bits per heavy atom. The molecule has 2 rings (SSSR count). The fourth-order valence-corrected chi connectivity index (χ4v) is 4.40. The van der Waals surface area contributed by atoms with E-state index in [0.717, 1.165) is 43.4 Å². The number of rotatable bonds is 7. The van der Waals surface area contributed by atoms with Gasteiger partial charge in [0.1, 0.15) is 12.6 Å². The minimum Gasteiger partial charge on any atom is -0.460 e. The lowest BCUT2D eigenvalue weighted by Crippen LogP contribution is -2.48. The van der Waals surface area contributed by atoms with Gasteiger partial charge in [-0.1, -0.05) is 18.2 Å². The molecule has 0 spiro atoms. The van der Waals surface area contributed by atoms with Crippen molar-refractivity contribution in [1.82, 2.24) is 4.31 Å². The summed E-state index contributed by atoms with van der Waals surface area (Å²) in [5, 5.41) is 0. The minimum absolute atomic E-state index is 0.152. The van der Waals surface area contributed by atoms with Gasteiger partial charge in [0.25, 0.3) is 0 Å². The summed E-state index contributed by atoms with van der Waals surface area (Å²) in [6.07, 6.45) is 3.28. The SMILES string of the molecule is CCN(CC)c1ccccc1COC(=O)C1CCCCN1S(C)(=O)=O. The summed E-state index contributed by atoms with van der Waals surface area (Å²) < 4.78 is 30.6. The normalized spacial score (nSPS) is 18.8. The zero-order valence-corrected chi connectivity index (χ0v) is 16.1. The molecule has 0 N–H and O–H groups in total. The molecule has 1 unspecified atom stereocenters. The highest BCUT2D eigenvalue weighted by Crippen LogP contribution is 2.24. The molecule has 0 radical (unpaired) electrons. The molecular formula is C18H28N2O4S. The van der Waals surface area contributed by atoms with Crippen molar-refractivity contribution >= 4 is 21.7 Å². The summed E-state index contributed by atoms with van der Waals surface area (Å²) >= 11 is 0. The van der Waals surface area contributed by atoms with Crippen molar-refractivity contribution in [3.63, 3.8) is 0 Å². The minimum atomic E-state index is -3.41. The summed E-state index contributed by atoms with van der Waals surface area (Å²) in [5.41, 5.74) is 1.98. The Balaban J connectivity index is 2.09. The van der Waals surface area contributed by atoms with Crippen LogP contribution in [0.15, 0.2) is 24.3 Å². The van der Waals surface area contributed by atoms with Crippen LogP contribution in [-0.4, -0.2) is 50.6 Å². The quantitative estimate of drug-likeness (QED) is 0.692. The van der Waals surface area contributed by atoms with E-state index in [0.29, 0.717) is 13.0 Å². The molecule has 1 saturated heterocycles. The molecular weight excluding hydrogens is 340 g/mol. The van der Waals surface area contributed by atoms with Gasteiger partial charge in [-0.3, -0.25) is 4.79 Å². The first-order chi connectivity index (χ1) is 11.9. The molecule has 0 bridgehead atoms. The third-order valence-electron chi connectivity index (χ3n) is 4.62. The molecule has 1 aliphatic heterocycles. The number of benzene rings is 1. The second kappa shape index (κ2) is 8.67. The topological polar surface area (TPSA) is 66.9 Å². The van der Waals surface area contributed by atoms with Crippen LogP contribution in [-0.2, 0) is 26.2 Å². The van der Waals surface area contributed by atoms with E-state index < -0.39 is 22.0 Å². The average Bonchev–Trinajstić information content (AvgIpc) is 2.61. The summed E-state index contributed by atoms with van der Waals surface area (Å²) in [4.78, 5) is 14.7. The average molecular weight is 368 g/mol. The first-order valence-electron chi connectivity index (χ1n) is 8.84. The molecule has 1 aliphatic rings. The lowest BCUT2D eigenvalue weighted by Gasteiger charge is -2.32. The van der Waals surface area contributed by atoms with Crippen LogP contribution < -0.4 is 4.90 Å². The largest absolute Gasteiger partial charge is 0.460 e. The number of sulfonamides is 1. The first kappa shape index (κ1) is 19.7. The van der Waals surface area contributed by atoms with E-state index in [-0.39, 0.29) is 6.61 Å². The molecule has 0 aromatic heterocycles. The molecule has 6 nitrogen and oxygen atoms in total. The first-order valence-corrected chi connectivity index (χ1v) is 10.7. The second-order valence-corrected chi connectivity index (χ2v) is 8.23. The van der Waals surface area contributed by atoms with Crippen molar-refractivity contribution < 1.29 is 17.9 Å². The van der Waals surface area contributed by atoms with Crippen molar-refractivity contribution in [2.45, 2.75) is 45.8 Å². The van der Waals surface area contributed by atoms with Gasteiger partial charge in [-0.15, -0.1) is 0 Å². The molecule has 0 saturated carbocycles. The standard InChI is InChI=1S/C18H28N2O4S/c1-4-19(5-2)16-11-7-6-10-15(16)14-24-18(21)17-12-8-9-13-20(17)25(3,22)23/h6-7,10-11,17H,4-5,8-9,12-14H2,1-3H3. The van der Waals surface area contributed by atoms with Gasteiger partial charge in [-0.25, -0.2) is 8.42 Å². The van der Waals surface area contributed by atoms with Crippen LogP contribution in [0.3, 0.4) is 0 Å². The van der Waals surface area contributed by atoms with Crippen molar-refractivity contribution in [3.05, 3.63) is 29.8 Å². The number of ether oxygens (including phenoxy) is 1. The zero-order valence-electron chi connectivity index (χ0n) is 15.3. The van der Waals surface area contributed by atoms with Crippen molar-refractivity contribution in [1.29, 1.82) is 0 Å². The summed E-state index contributed by atoms with van der Waals surface area (Å²) in [6.45, 7) is 6.43. The molecule has 1 heterocycles. The van der Waals surface area contributed by atoms with E-state index in [2.05, 4.69) is 18.7 Å². The fraction of sp³-hybridized carbons (Fsp3) is 0.611. The molecule has 140 valence electrons. The van der Waals surface area contributed by atoms with E-state index in [9.17, 15) is 13.2 Å². The Hall–Kier alpha value is -1.60. The van der Waals surface area contributed by atoms with Gasteiger partial charge >= 0.3 is 5.97 Å². The highest BCUT2D eigenvalue weighted by Gasteiger charge is 2.35. The number of carbonyl (C=O) groups excluding carboxylic acids is 1. The van der Waals surface area contributed by atoms with E-state index >= 15 is 0 Å². The molecule has 7 heteroatoms. The number of para-hydroxylation sites is 1. The summed E-state index contributed by atoms with van der Waals surface area (Å²) in [6, 6.07) is 7.13. The van der Waals surface area contributed by atoms with Gasteiger partial charge in [-0.05, 0) is 39.2 Å². The van der Waals surface area contributed by atoms with Crippen LogP contribution in [0.2, 0.25) is 0 Å². The predicted octanol–water partition coefficient (Wildman–Crippen LogP) is 2.39. The molecule has 0 aliphatic carbocycles. The van der Waals surface area contributed by atoms with Gasteiger partial charge in [0, 0.05) is 30.9 Å². The molecule has 1 aromatic carbocycles. The van der Waals surface area contributed by atoms with E-state index in [1.54, 1.807) is 0 Å². The molecule has 25 heavy (non-hydrogen) atoms. The van der Waals surface area contributed by atoms with Crippen molar-refractivity contribution in [2.24, 2.45) is 0 Å². The predicted molar refractivity (Wildman–Crippen MR) is 99.0 cm³/mol. The Labute approximate surface area is 150 Å². The maximum atomic E-state index is 12.5. The number of anilines is 1. The van der Waals surface area contributed by atoms with Gasteiger partial charge in [-0.2, -0.15) is 4.31 Å². The third-order valence-corrected chi connectivity index (χ3v) is 5.91. The number of hydrogen-bond acceptors (Lipinski definition) is 5. The lowest BCUT2D eigenvalue weighted by atomic mass is 10.1. The number of carbonyl (C=O) groups is 1. The number of esters is 1. The van der Waals surface area contributed by atoms with Crippen molar-refractivity contribution in [3.8, 4) is 0 Å². The zero-order chi connectivity index (χ0) is 18.4. The fourth-order valence-electron chi connectivity index (χ4n) is 3.29. The third kappa shape index (κ3) is 4.95. The highest BCUT2D eigenvalue weighted by atomic mass is 32.2. The maximum Gasteiger partial charge on any atom is 0.324 e. The van der Waals surface area contributed by atoms with Gasteiger partial charge in [0.15, 0.2) is 0 Å².